The van der Waals surface area contributed by atoms with Gasteiger partial charge in [-0.1, -0.05) is 29.8 Å². The molecule has 3 rings (SSSR count). The average Bonchev–Trinajstić information content (AvgIpc) is 2.98. The van der Waals surface area contributed by atoms with E-state index in [2.05, 4.69) is 9.97 Å². The number of hydrogen-bond acceptors (Lipinski definition) is 3. The minimum Gasteiger partial charge on any atom is -0.478 e. The third-order valence-corrected chi connectivity index (χ3v) is 3.74. The lowest BCUT2D eigenvalue weighted by molar-refractivity contribution is 0.0697. The van der Waals surface area contributed by atoms with Crippen LogP contribution in [0, 0.1) is 17.1 Å². The molecule has 0 bridgehead atoms. The minimum atomic E-state index is -1.05. The van der Waals surface area contributed by atoms with Gasteiger partial charge in [0, 0.05) is 5.56 Å². The number of hydrogen-bond donors (Lipinski definition) is 2. The Hall–Kier alpha value is -3.17. The van der Waals surface area contributed by atoms with Crippen molar-refractivity contribution in [2.24, 2.45) is 0 Å². The van der Waals surface area contributed by atoms with E-state index in [0.717, 1.165) is 0 Å². The number of benzene rings is 2. The van der Waals surface area contributed by atoms with Crippen molar-refractivity contribution >= 4 is 17.6 Å². The molecular formula is C17H9ClFN3O2. The van der Waals surface area contributed by atoms with Gasteiger partial charge in [0.05, 0.1) is 21.8 Å². The molecule has 7 heteroatoms. The monoisotopic (exact) mass is 341 g/mol. The van der Waals surface area contributed by atoms with Crippen molar-refractivity contribution in [1.82, 2.24) is 9.97 Å². The van der Waals surface area contributed by atoms with E-state index in [1.807, 2.05) is 6.07 Å². The second-order valence-electron chi connectivity index (χ2n) is 4.90. The summed E-state index contributed by atoms with van der Waals surface area (Å²) in [5, 5.41) is 18.4. The van der Waals surface area contributed by atoms with E-state index in [9.17, 15) is 14.4 Å². The van der Waals surface area contributed by atoms with Crippen LogP contribution < -0.4 is 0 Å². The van der Waals surface area contributed by atoms with Gasteiger partial charge >= 0.3 is 5.97 Å². The van der Waals surface area contributed by atoms with Gasteiger partial charge in [0.1, 0.15) is 17.7 Å². The first-order valence-electron chi connectivity index (χ1n) is 6.79. The molecule has 2 aromatic carbocycles. The van der Waals surface area contributed by atoms with E-state index in [-0.39, 0.29) is 27.7 Å². The van der Waals surface area contributed by atoms with E-state index < -0.39 is 11.8 Å². The quantitative estimate of drug-likeness (QED) is 0.750. The molecule has 0 radical (unpaired) electrons. The number of carbonyl (C=O) groups is 1. The highest BCUT2D eigenvalue weighted by molar-refractivity contribution is 6.33. The third-order valence-electron chi connectivity index (χ3n) is 3.43. The molecule has 0 aliphatic heterocycles. The third kappa shape index (κ3) is 2.73. The molecule has 1 heterocycles. The van der Waals surface area contributed by atoms with Gasteiger partial charge < -0.3 is 10.1 Å². The number of nitrogens with zero attached hydrogens (tertiary/aromatic N) is 2. The fraction of sp³-hybridized carbons (Fsp3) is 0. The Morgan fingerprint density at radius 2 is 1.96 bits per heavy atom. The van der Waals surface area contributed by atoms with E-state index in [1.54, 1.807) is 12.1 Å². The molecule has 0 unspecified atom stereocenters. The molecule has 1 aromatic heterocycles. The van der Waals surface area contributed by atoms with Gasteiger partial charge in [-0.3, -0.25) is 0 Å². The molecule has 2 N–H and O–H groups in total. The Bertz CT molecular complexity index is 954. The largest absolute Gasteiger partial charge is 0.478 e. The van der Waals surface area contributed by atoms with Crippen LogP contribution in [0.1, 0.15) is 16.1 Å². The molecular weight excluding hydrogens is 333 g/mol. The number of halogens is 2. The lowest BCUT2D eigenvalue weighted by atomic mass is 10.1. The van der Waals surface area contributed by atoms with Crippen LogP contribution in [0.4, 0.5) is 4.39 Å². The summed E-state index contributed by atoms with van der Waals surface area (Å²) in [5.74, 6) is -1.48. The highest BCUT2D eigenvalue weighted by Crippen LogP contribution is 2.31. The van der Waals surface area contributed by atoms with Crippen LogP contribution in [0.2, 0.25) is 5.02 Å². The molecule has 5 nitrogen and oxygen atoms in total. The summed E-state index contributed by atoms with van der Waals surface area (Å²) in [4.78, 5) is 17.9. The van der Waals surface area contributed by atoms with E-state index in [1.165, 1.54) is 30.3 Å². The van der Waals surface area contributed by atoms with Crippen molar-refractivity contribution in [3.63, 3.8) is 0 Å². The van der Waals surface area contributed by atoms with Gasteiger partial charge in [-0.25, -0.2) is 14.2 Å². The number of rotatable bonds is 3. The molecule has 0 fully saturated rings. The van der Waals surface area contributed by atoms with Gasteiger partial charge in [-0.15, -0.1) is 0 Å². The summed E-state index contributed by atoms with van der Waals surface area (Å²) in [6.45, 7) is 0. The molecule has 0 saturated carbocycles. The number of carboxylic acid groups (broad SMARTS) is 1. The van der Waals surface area contributed by atoms with Crippen molar-refractivity contribution < 1.29 is 14.3 Å². The lowest BCUT2D eigenvalue weighted by Gasteiger charge is -2.02. The second kappa shape index (κ2) is 6.14. The first-order chi connectivity index (χ1) is 11.5. The molecule has 0 saturated heterocycles. The van der Waals surface area contributed by atoms with Crippen LogP contribution >= 0.6 is 11.6 Å². The number of aromatic nitrogens is 2. The van der Waals surface area contributed by atoms with E-state index in [0.29, 0.717) is 11.3 Å². The van der Waals surface area contributed by atoms with Crippen molar-refractivity contribution in [3.8, 4) is 28.7 Å². The summed E-state index contributed by atoms with van der Waals surface area (Å²) in [5.41, 5.74) is 1.18. The number of aromatic carboxylic acids is 1. The number of carboxylic acids is 1. The fourth-order valence-corrected chi connectivity index (χ4v) is 2.54. The molecule has 24 heavy (non-hydrogen) atoms. The maximum absolute atomic E-state index is 14.0. The zero-order valence-corrected chi connectivity index (χ0v) is 12.8. The first-order valence-corrected chi connectivity index (χ1v) is 7.17. The Kier molecular flexibility index (Phi) is 4.02. The number of imidazole rings is 1. The lowest BCUT2D eigenvalue weighted by Crippen LogP contribution is -1.95. The van der Waals surface area contributed by atoms with Crippen LogP contribution in [0.25, 0.3) is 22.6 Å². The Balaban J connectivity index is 2.12. The van der Waals surface area contributed by atoms with Gasteiger partial charge in [0.25, 0.3) is 0 Å². The molecule has 118 valence electrons. The van der Waals surface area contributed by atoms with Crippen molar-refractivity contribution in [2.75, 3.05) is 0 Å². The normalized spacial score (nSPS) is 10.4. The van der Waals surface area contributed by atoms with E-state index >= 15 is 0 Å². The average molecular weight is 342 g/mol. The molecule has 0 aliphatic rings. The zero-order valence-electron chi connectivity index (χ0n) is 12.0. The van der Waals surface area contributed by atoms with Crippen molar-refractivity contribution in [3.05, 3.63) is 64.6 Å². The Labute approximate surface area is 141 Å². The Morgan fingerprint density at radius 1 is 1.25 bits per heavy atom. The standard InChI is InChI=1S/C17H9ClFN3O2/c18-11-2-1-3-12(19)14(11)16-21-13(8-20)15(22-16)9-4-6-10(7-5-9)17(23)24/h1-7H,(H,21,22)(H,23,24). The fourth-order valence-electron chi connectivity index (χ4n) is 2.28. The predicted octanol–water partition coefficient (Wildman–Crippen LogP) is 4.11. The predicted molar refractivity (Wildman–Crippen MR) is 86.1 cm³/mol. The highest BCUT2D eigenvalue weighted by atomic mass is 35.5. The highest BCUT2D eigenvalue weighted by Gasteiger charge is 2.18. The number of H-pyrrole nitrogens is 1. The second-order valence-corrected chi connectivity index (χ2v) is 5.31. The topological polar surface area (TPSA) is 89.8 Å². The van der Waals surface area contributed by atoms with Gasteiger partial charge in [-0.2, -0.15) is 5.26 Å². The van der Waals surface area contributed by atoms with Crippen LogP contribution in [0.3, 0.4) is 0 Å². The summed E-state index contributed by atoms with van der Waals surface area (Å²) in [6.07, 6.45) is 0. The number of aromatic amines is 1. The summed E-state index contributed by atoms with van der Waals surface area (Å²) >= 11 is 6.02. The molecule has 3 aromatic rings. The number of nitrogens with one attached hydrogen (secondary N) is 1. The van der Waals surface area contributed by atoms with Crippen LogP contribution in [0.5, 0.6) is 0 Å². The summed E-state index contributed by atoms with van der Waals surface area (Å²) in [6, 6.07) is 12.1. The van der Waals surface area contributed by atoms with Crippen LogP contribution in [-0.2, 0) is 0 Å². The minimum absolute atomic E-state index is 0.0624. The molecule has 0 atom stereocenters. The van der Waals surface area contributed by atoms with Crippen molar-refractivity contribution in [1.29, 1.82) is 5.26 Å². The van der Waals surface area contributed by atoms with Crippen LogP contribution in [-0.4, -0.2) is 21.0 Å². The molecule has 0 amide bonds. The number of nitriles is 1. The SMILES string of the molecule is N#Cc1nc(-c2c(F)cccc2Cl)[nH]c1-c1ccc(C(=O)O)cc1. The van der Waals surface area contributed by atoms with Crippen molar-refractivity contribution in [2.45, 2.75) is 0 Å². The maximum atomic E-state index is 14.0. The smallest absolute Gasteiger partial charge is 0.335 e. The van der Waals surface area contributed by atoms with E-state index in [4.69, 9.17) is 16.7 Å². The Morgan fingerprint density at radius 3 is 2.54 bits per heavy atom. The van der Waals surface area contributed by atoms with Gasteiger partial charge in [0.2, 0.25) is 0 Å². The summed E-state index contributed by atoms with van der Waals surface area (Å²) < 4.78 is 14.0. The molecule has 0 aliphatic carbocycles. The van der Waals surface area contributed by atoms with Gasteiger partial charge in [0.15, 0.2) is 5.69 Å². The van der Waals surface area contributed by atoms with Gasteiger partial charge in [-0.05, 0) is 24.3 Å². The van der Waals surface area contributed by atoms with Crippen LogP contribution in [0.15, 0.2) is 42.5 Å². The molecule has 0 spiro atoms. The summed E-state index contributed by atoms with van der Waals surface area (Å²) in [7, 11) is 0. The first kappa shape index (κ1) is 15.7. The maximum Gasteiger partial charge on any atom is 0.335 e. The zero-order chi connectivity index (χ0) is 17.3.